The fourth-order valence-corrected chi connectivity index (χ4v) is 3.00. The van der Waals surface area contributed by atoms with Gasteiger partial charge in [-0.2, -0.15) is 8.78 Å². The van der Waals surface area contributed by atoms with Crippen molar-refractivity contribution in [3.63, 3.8) is 0 Å². The second kappa shape index (κ2) is 10.8. The smallest absolute Gasteiger partial charge is 0.387 e. The number of rotatable bonds is 10. The molecule has 0 spiro atoms. The fraction of sp³-hybridized carbons (Fsp3) is 0.435. The Morgan fingerprint density at radius 3 is 2.37 bits per heavy atom. The number of methoxy groups -OCH3 is 1. The molecule has 0 aliphatic heterocycles. The molecule has 1 unspecified atom stereocenters. The normalized spacial score (nSPS) is 12.0. The van der Waals surface area contributed by atoms with Gasteiger partial charge in [-0.05, 0) is 61.1 Å². The molecule has 2 aromatic carbocycles. The van der Waals surface area contributed by atoms with E-state index in [1.807, 2.05) is 25.1 Å². The van der Waals surface area contributed by atoms with E-state index in [-0.39, 0.29) is 23.3 Å². The Bertz CT molecular complexity index is 855. The molecule has 1 amide bonds. The summed E-state index contributed by atoms with van der Waals surface area (Å²) in [5.74, 6) is 0.925. The van der Waals surface area contributed by atoms with Crippen molar-refractivity contribution in [2.45, 2.75) is 52.7 Å². The Labute approximate surface area is 176 Å². The third-order valence-electron chi connectivity index (χ3n) is 4.62. The minimum atomic E-state index is -2.94. The molecule has 0 fully saturated rings. The van der Waals surface area contributed by atoms with E-state index in [0.29, 0.717) is 18.7 Å². The number of aryl methyl sites for hydroxylation is 1. The number of ether oxygens (including phenoxy) is 3. The second-order valence-electron chi connectivity index (χ2n) is 7.36. The minimum absolute atomic E-state index is 0.0336. The average molecular weight is 421 g/mol. The fourth-order valence-electron chi connectivity index (χ4n) is 3.00. The van der Waals surface area contributed by atoms with Gasteiger partial charge in [0.15, 0.2) is 17.6 Å². The van der Waals surface area contributed by atoms with E-state index >= 15 is 0 Å². The summed E-state index contributed by atoms with van der Waals surface area (Å²) in [6.07, 6.45) is -0.220. The van der Waals surface area contributed by atoms with Gasteiger partial charge in [0.1, 0.15) is 5.75 Å². The van der Waals surface area contributed by atoms with E-state index in [2.05, 4.69) is 23.9 Å². The topological polar surface area (TPSA) is 56.8 Å². The van der Waals surface area contributed by atoms with Crippen LogP contribution >= 0.6 is 0 Å². The van der Waals surface area contributed by atoms with Gasteiger partial charge in [-0.15, -0.1) is 0 Å². The Morgan fingerprint density at radius 1 is 1.00 bits per heavy atom. The lowest BCUT2D eigenvalue weighted by atomic mass is 10.0. The highest BCUT2D eigenvalue weighted by atomic mass is 19.3. The largest absolute Gasteiger partial charge is 0.493 e. The predicted molar refractivity (Wildman–Crippen MR) is 112 cm³/mol. The zero-order chi connectivity index (χ0) is 22.3. The standard InChI is InChI=1S/C23H29F2NO4/c1-14(2)18-8-6-15(3)12-20(18)29-16(4)22(27)26-11-10-17-7-9-19(28-5)21(13-17)30-23(24)25/h6-9,12-14,16,23H,10-11H2,1-5H3,(H,26,27). The molecule has 0 aliphatic rings. The van der Waals surface area contributed by atoms with Gasteiger partial charge in [0, 0.05) is 6.54 Å². The molecule has 7 heteroatoms. The maximum Gasteiger partial charge on any atom is 0.387 e. The highest BCUT2D eigenvalue weighted by molar-refractivity contribution is 5.80. The summed E-state index contributed by atoms with van der Waals surface area (Å²) in [5.41, 5.74) is 2.84. The van der Waals surface area contributed by atoms with Crippen molar-refractivity contribution >= 4 is 5.91 Å². The molecule has 0 radical (unpaired) electrons. The van der Waals surface area contributed by atoms with Gasteiger partial charge in [0.2, 0.25) is 0 Å². The predicted octanol–water partition coefficient (Wildman–Crippen LogP) is 4.85. The van der Waals surface area contributed by atoms with Gasteiger partial charge in [-0.3, -0.25) is 4.79 Å². The molecule has 2 rings (SSSR count). The molecule has 0 heterocycles. The molecular weight excluding hydrogens is 392 g/mol. The van der Waals surface area contributed by atoms with Crippen molar-refractivity contribution in [3.8, 4) is 17.2 Å². The molecule has 0 saturated heterocycles. The van der Waals surface area contributed by atoms with Crippen LogP contribution in [-0.4, -0.2) is 32.3 Å². The van der Waals surface area contributed by atoms with E-state index in [9.17, 15) is 13.6 Å². The molecule has 1 atom stereocenters. The molecule has 30 heavy (non-hydrogen) atoms. The highest BCUT2D eigenvalue weighted by Crippen LogP contribution is 2.30. The number of alkyl halides is 2. The number of benzene rings is 2. The van der Waals surface area contributed by atoms with Crippen LogP contribution in [-0.2, 0) is 11.2 Å². The second-order valence-corrected chi connectivity index (χ2v) is 7.36. The number of amides is 1. The maximum atomic E-state index is 12.5. The first-order valence-electron chi connectivity index (χ1n) is 9.88. The molecular formula is C23H29F2NO4. The highest BCUT2D eigenvalue weighted by Gasteiger charge is 2.18. The summed E-state index contributed by atoms with van der Waals surface area (Å²) in [7, 11) is 1.38. The number of hydrogen-bond donors (Lipinski definition) is 1. The lowest BCUT2D eigenvalue weighted by Gasteiger charge is -2.19. The van der Waals surface area contributed by atoms with Crippen molar-refractivity contribution in [2.75, 3.05) is 13.7 Å². The van der Waals surface area contributed by atoms with Crippen LogP contribution in [0.25, 0.3) is 0 Å². The molecule has 0 aliphatic carbocycles. The van der Waals surface area contributed by atoms with Gasteiger partial charge in [0.25, 0.3) is 5.91 Å². The van der Waals surface area contributed by atoms with Crippen LogP contribution in [0.1, 0.15) is 43.4 Å². The van der Waals surface area contributed by atoms with Gasteiger partial charge in [0.05, 0.1) is 7.11 Å². The van der Waals surface area contributed by atoms with Crippen LogP contribution in [0, 0.1) is 6.92 Å². The van der Waals surface area contributed by atoms with E-state index in [0.717, 1.165) is 16.7 Å². The number of halogens is 2. The first-order chi connectivity index (χ1) is 14.2. The number of hydrogen-bond acceptors (Lipinski definition) is 4. The first kappa shape index (κ1) is 23.4. The van der Waals surface area contributed by atoms with Crippen molar-refractivity contribution in [2.24, 2.45) is 0 Å². The monoisotopic (exact) mass is 421 g/mol. The lowest BCUT2D eigenvalue weighted by Crippen LogP contribution is -2.37. The molecule has 5 nitrogen and oxygen atoms in total. The number of nitrogens with one attached hydrogen (secondary N) is 1. The molecule has 2 aromatic rings. The van der Waals surface area contributed by atoms with Crippen LogP contribution in [0.15, 0.2) is 36.4 Å². The van der Waals surface area contributed by atoms with Crippen molar-refractivity contribution in [3.05, 3.63) is 53.1 Å². The Morgan fingerprint density at radius 2 is 1.73 bits per heavy atom. The van der Waals surface area contributed by atoms with Gasteiger partial charge in [-0.25, -0.2) is 0 Å². The molecule has 1 N–H and O–H groups in total. The minimum Gasteiger partial charge on any atom is -0.493 e. The van der Waals surface area contributed by atoms with Gasteiger partial charge < -0.3 is 19.5 Å². The summed E-state index contributed by atoms with van der Waals surface area (Å²) >= 11 is 0. The van der Waals surface area contributed by atoms with Crippen LogP contribution in [0.3, 0.4) is 0 Å². The summed E-state index contributed by atoms with van der Waals surface area (Å²) in [6, 6.07) is 10.8. The van der Waals surface area contributed by atoms with E-state index in [4.69, 9.17) is 9.47 Å². The van der Waals surface area contributed by atoms with Gasteiger partial charge in [-0.1, -0.05) is 32.0 Å². The van der Waals surface area contributed by atoms with Crippen LogP contribution in [0.2, 0.25) is 0 Å². The summed E-state index contributed by atoms with van der Waals surface area (Å²) in [5, 5.41) is 2.82. The summed E-state index contributed by atoms with van der Waals surface area (Å²) < 4.78 is 40.5. The van der Waals surface area contributed by atoms with E-state index in [1.54, 1.807) is 19.1 Å². The first-order valence-corrected chi connectivity index (χ1v) is 9.88. The van der Waals surface area contributed by atoms with E-state index in [1.165, 1.54) is 13.2 Å². The number of carbonyl (C=O) groups excluding carboxylic acids is 1. The van der Waals surface area contributed by atoms with Crippen molar-refractivity contribution < 1.29 is 27.8 Å². The molecule has 164 valence electrons. The molecule has 0 aromatic heterocycles. The van der Waals surface area contributed by atoms with Crippen LogP contribution < -0.4 is 19.5 Å². The Kier molecular flexibility index (Phi) is 8.45. The quantitative estimate of drug-likeness (QED) is 0.596. The average Bonchev–Trinajstić information content (AvgIpc) is 2.67. The van der Waals surface area contributed by atoms with Crippen LogP contribution in [0.4, 0.5) is 8.78 Å². The van der Waals surface area contributed by atoms with Crippen molar-refractivity contribution in [1.29, 1.82) is 0 Å². The summed E-state index contributed by atoms with van der Waals surface area (Å²) in [4.78, 5) is 12.4. The zero-order valence-electron chi connectivity index (χ0n) is 18.0. The Balaban J connectivity index is 1.94. The third kappa shape index (κ3) is 6.61. The Hall–Kier alpha value is -2.83. The molecule has 0 saturated carbocycles. The maximum absolute atomic E-state index is 12.5. The zero-order valence-corrected chi connectivity index (χ0v) is 18.0. The third-order valence-corrected chi connectivity index (χ3v) is 4.62. The van der Waals surface area contributed by atoms with E-state index < -0.39 is 12.7 Å². The lowest BCUT2D eigenvalue weighted by molar-refractivity contribution is -0.127. The SMILES string of the molecule is COc1ccc(CCNC(=O)C(C)Oc2cc(C)ccc2C(C)C)cc1OC(F)F. The van der Waals surface area contributed by atoms with Crippen LogP contribution in [0.5, 0.6) is 17.2 Å². The summed E-state index contributed by atoms with van der Waals surface area (Å²) in [6.45, 7) is 5.21. The molecule has 0 bridgehead atoms. The van der Waals surface area contributed by atoms with Gasteiger partial charge >= 0.3 is 6.61 Å². The number of carbonyl (C=O) groups is 1. The van der Waals surface area contributed by atoms with Crippen molar-refractivity contribution in [1.82, 2.24) is 5.32 Å².